The zero-order valence-corrected chi connectivity index (χ0v) is 5.40. The van der Waals surface area contributed by atoms with Crippen LogP contribution in [0, 0.1) is 0 Å². The second-order valence-corrected chi connectivity index (χ2v) is 3.91. The van der Waals surface area contributed by atoms with Crippen molar-refractivity contribution in [1.82, 2.24) is 0 Å². The number of nitrogens with zero attached hydrogens (tertiary/aromatic N) is 1. The van der Waals surface area contributed by atoms with Gasteiger partial charge in [-0.2, -0.15) is 0 Å². The Labute approximate surface area is 44.4 Å². The third-order valence-electron chi connectivity index (χ3n) is 0.418. The lowest BCUT2D eigenvalue weighted by Gasteiger charge is -1.92. The molecule has 0 aliphatic carbocycles. The van der Waals surface area contributed by atoms with Crippen LogP contribution < -0.4 is 0 Å². The van der Waals surface area contributed by atoms with Gasteiger partial charge < -0.3 is 0 Å². The van der Waals surface area contributed by atoms with Gasteiger partial charge in [0.05, 0.1) is 6.29 Å². The van der Waals surface area contributed by atoms with Crippen LogP contribution in [0.15, 0.2) is 4.99 Å². The molecule has 0 heterocycles. The Morgan fingerprint density at radius 1 is 1.71 bits per heavy atom. The van der Waals surface area contributed by atoms with Crippen molar-refractivity contribution in [3.63, 3.8) is 0 Å². The second kappa shape index (κ2) is 3.98. The third kappa shape index (κ3) is 5.81. The second-order valence-electron chi connectivity index (χ2n) is 1.47. The van der Waals surface area contributed by atoms with Gasteiger partial charge in [-0.25, -0.2) is 9.79 Å². The average molecular weight is 117 g/mol. The molecule has 0 aliphatic rings. The molecule has 0 saturated heterocycles. The Balaban J connectivity index is 3.13. The number of hydrogen-bond donors (Lipinski definition) is 0. The van der Waals surface area contributed by atoms with E-state index in [-0.39, 0.29) is 7.92 Å². The summed E-state index contributed by atoms with van der Waals surface area (Å²) in [4.78, 5) is 12.8. The summed E-state index contributed by atoms with van der Waals surface area (Å²) in [5, 5.41) is 0. The minimum absolute atomic E-state index is 0.0355. The van der Waals surface area contributed by atoms with Crippen molar-refractivity contribution in [2.24, 2.45) is 4.99 Å². The molecular formula is C4H8NOP. The van der Waals surface area contributed by atoms with Gasteiger partial charge in [0.25, 0.3) is 0 Å². The van der Waals surface area contributed by atoms with Gasteiger partial charge in [-0.15, -0.1) is 0 Å². The van der Waals surface area contributed by atoms with Gasteiger partial charge in [0.15, 0.2) is 0 Å². The first-order valence-electron chi connectivity index (χ1n) is 1.95. The molecule has 0 unspecified atom stereocenters. The lowest BCUT2D eigenvalue weighted by molar-refractivity contribution is 0.564. The minimum atomic E-state index is -0.0355. The van der Waals surface area contributed by atoms with Gasteiger partial charge in [-0.1, -0.05) is 7.92 Å². The van der Waals surface area contributed by atoms with Gasteiger partial charge >= 0.3 is 0 Å². The zero-order chi connectivity index (χ0) is 5.70. The predicted octanol–water partition coefficient (Wildman–Crippen LogP) is 1.02. The number of hydrogen-bond acceptors (Lipinski definition) is 2. The highest BCUT2D eigenvalue weighted by Gasteiger charge is 1.84. The molecule has 0 saturated carbocycles. The Bertz CT molecular complexity index is 85.7. The Hall–Kier alpha value is -0.190. The Kier molecular flexibility index (Phi) is 3.87. The zero-order valence-electron chi connectivity index (χ0n) is 4.51. The van der Waals surface area contributed by atoms with Crippen LogP contribution in [0.25, 0.3) is 0 Å². The van der Waals surface area contributed by atoms with Gasteiger partial charge in [0.1, 0.15) is 0 Å². The number of carbonyl (C=O) groups excluding carboxylic acids is 1. The summed E-state index contributed by atoms with van der Waals surface area (Å²) in [5.41, 5.74) is 0. The fourth-order valence-electron chi connectivity index (χ4n) is 0.170. The van der Waals surface area contributed by atoms with Crippen LogP contribution in [-0.2, 0) is 4.79 Å². The monoisotopic (exact) mass is 117 g/mol. The smallest absolute Gasteiger partial charge is 0.211 e. The molecule has 0 rings (SSSR count). The van der Waals surface area contributed by atoms with Crippen molar-refractivity contribution in [3.8, 4) is 0 Å². The quantitative estimate of drug-likeness (QED) is 0.301. The van der Waals surface area contributed by atoms with Crippen molar-refractivity contribution in [2.75, 3.05) is 19.6 Å². The normalized spacial score (nSPS) is 8.43. The fraction of sp³-hybridized carbons (Fsp3) is 0.750. The maximum atomic E-state index is 9.43. The van der Waals surface area contributed by atoms with Crippen molar-refractivity contribution < 1.29 is 4.79 Å². The van der Waals surface area contributed by atoms with Gasteiger partial charge in [-0.3, -0.25) is 0 Å². The number of aliphatic imine (C=N–C) groups is 1. The topological polar surface area (TPSA) is 29.4 Å². The summed E-state index contributed by atoms with van der Waals surface area (Å²) in [6.45, 7) is 4.13. The lowest BCUT2D eigenvalue weighted by atomic mass is 11.4. The molecule has 0 spiro atoms. The molecule has 3 heteroatoms. The van der Waals surface area contributed by atoms with Crippen LogP contribution in [0.4, 0.5) is 0 Å². The first-order valence-corrected chi connectivity index (χ1v) is 4.38. The molecule has 0 aromatic rings. The molecule has 0 amide bonds. The van der Waals surface area contributed by atoms with Gasteiger partial charge in [-0.05, 0) is 13.3 Å². The Morgan fingerprint density at radius 3 is 2.43 bits per heavy atom. The van der Waals surface area contributed by atoms with Crippen molar-refractivity contribution in [3.05, 3.63) is 0 Å². The van der Waals surface area contributed by atoms with E-state index in [2.05, 4.69) is 18.3 Å². The molecule has 7 heavy (non-hydrogen) atoms. The summed E-state index contributed by atoms with van der Waals surface area (Å²) in [7, 11) is -0.0355. The molecule has 0 aromatic carbocycles. The standard InChI is InChI=1S/C4H8NOP/c1-7(2)4-5-3-6/h4H2,1-2H3. The number of rotatable bonds is 2. The first-order chi connectivity index (χ1) is 3.27. The van der Waals surface area contributed by atoms with Crippen LogP contribution in [-0.4, -0.2) is 25.7 Å². The van der Waals surface area contributed by atoms with Crippen LogP contribution in [0.5, 0.6) is 0 Å². The van der Waals surface area contributed by atoms with E-state index >= 15 is 0 Å². The summed E-state index contributed by atoms with van der Waals surface area (Å²) >= 11 is 0. The molecule has 0 bridgehead atoms. The lowest BCUT2D eigenvalue weighted by Crippen LogP contribution is -1.71. The van der Waals surface area contributed by atoms with Crippen LogP contribution in [0.1, 0.15) is 0 Å². The van der Waals surface area contributed by atoms with E-state index in [1.54, 1.807) is 0 Å². The van der Waals surface area contributed by atoms with Crippen LogP contribution in [0.3, 0.4) is 0 Å². The Morgan fingerprint density at radius 2 is 2.29 bits per heavy atom. The maximum Gasteiger partial charge on any atom is 0.235 e. The number of isocyanates is 1. The van der Waals surface area contributed by atoms with Crippen molar-refractivity contribution in [2.45, 2.75) is 0 Å². The van der Waals surface area contributed by atoms with E-state index in [1.807, 2.05) is 0 Å². The highest BCUT2D eigenvalue weighted by Crippen LogP contribution is 2.22. The highest BCUT2D eigenvalue weighted by molar-refractivity contribution is 7.55. The SMILES string of the molecule is CP(C)CN=C=O. The van der Waals surface area contributed by atoms with Crippen molar-refractivity contribution >= 4 is 14.0 Å². The van der Waals surface area contributed by atoms with Gasteiger partial charge in [0, 0.05) is 0 Å². The predicted molar refractivity (Wildman–Crippen MR) is 31.8 cm³/mol. The van der Waals surface area contributed by atoms with Crippen molar-refractivity contribution in [1.29, 1.82) is 0 Å². The molecule has 0 atom stereocenters. The van der Waals surface area contributed by atoms with Crippen LogP contribution >= 0.6 is 7.92 Å². The largest absolute Gasteiger partial charge is 0.235 e. The first kappa shape index (κ1) is 6.81. The van der Waals surface area contributed by atoms with E-state index in [0.29, 0.717) is 6.29 Å². The minimum Gasteiger partial charge on any atom is -0.211 e. The van der Waals surface area contributed by atoms with E-state index in [9.17, 15) is 4.79 Å². The summed E-state index contributed by atoms with van der Waals surface area (Å²) in [5.74, 6) is 0. The maximum absolute atomic E-state index is 9.43. The van der Waals surface area contributed by atoms with E-state index in [0.717, 1.165) is 0 Å². The van der Waals surface area contributed by atoms with E-state index < -0.39 is 0 Å². The molecule has 0 fully saturated rings. The highest BCUT2D eigenvalue weighted by atomic mass is 31.1. The molecule has 2 nitrogen and oxygen atoms in total. The fourth-order valence-corrected chi connectivity index (χ4v) is 0.511. The summed E-state index contributed by atoms with van der Waals surface area (Å²) < 4.78 is 0. The molecule has 0 radical (unpaired) electrons. The average Bonchev–Trinajstić information content (AvgIpc) is 1.61. The third-order valence-corrected chi connectivity index (χ3v) is 1.13. The summed E-state index contributed by atoms with van der Waals surface area (Å²) in [6, 6.07) is 0. The van der Waals surface area contributed by atoms with E-state index in [4.69, 9.17) is 0 Å². The van der Waals surface area contributed by atoms with Gasteiger partial charge in [0.2, 0.25) is 6.08 Å². The molecular weight excluding hydrogens is 109 g/mol. The van der Waals surface area contributed by atoms with E-state index in [1.165, 1.54) is 6.08 Å². The molecule has 0 aliphatic heterocycles. The molecule has 0 aromatic heterocycles. The van der Waals surface area contributed by atoms with Crippen LogP contribution in [0.2, 0.25) is 0 Å². The molecule has 0 N–H and O–H groups in total. The molecule has 40 valence electrons. The summed E-state index contributed by atoms with van der Waals surface area (Å²) in [6.07, 6.45) is 2.16.